The van der Waals surface area contributed by atoms with Gasteiger partial charge >= 0.3 is 12.2 Å². The zero-order valence-electron chi connectivity index (χ0n) is 24.3. The third-order valence-electron chi connectivity index (χ3n) is 6.84. The number of urea groups is 1. The van der Waals surface area contributed by atoms with Gasteiger partial charge in [-0.15, -0.1) is 0 Å². The van der Waals surface area contributed by atoms with Crippen molar-refractivity contribution in [3.8, 4) is 22.8 Å². The van der Waals surface area contributed by atoms with E-state index < -0.39 is 54.1 Å². The highest BCUT2D eigenvalue weighted by Gasteiger charge is 2.56. The van der Waals surface area contributed by atoms with E-state index in [1.165, 1.54) is 37.4 Å². The summed E-state index contributed by atoms with van der Waals surface area (Å²) in [5.74, 6) is -2.44. The van der Waals surface area contributed by atoms with E-state index in [2.05, 4.69) is 20.9 Å². The number of rotatable bonds is 12. The molecule has 45 heavy (non-hydrogen) atoms. The smallest absolute Gasteiger partial charge is 0.424 e. The summed E-state index contributed by atoms with van der Waals surface area (Å²) in [6.07, 6.45) is -4.31. The summed E-state index contributed by atoms with van der Waals surface area (Å²) in [7, 11) is 1.33. The maximum Gasteiger partial charge on any atom is 0.424 e. The Hall–Kier alpha value is -4.92. The van der Waals surface area contributed by atoms with Crippen molar-refractivity contribution in [2.75, 3.05) is 25.6 Å². The van der Waals surface area contributed by atoms with Crippen molar-refractivity contribution in [1.82, 2.24) is 15.6 Å². The first-order chi connectivity index (χ1) is 21.2. The number of pyridine rings is 1. The number of nitrogens with two attached hydrogens (primary N) is 1. The molecule has 15 heteroatoms. The van der Waals surface area contributed by atoms with Crippen molar-refractivity contribution >= 4 is 23.5 Å². The molecule has 4 rings (SSSR count). The molecule has 240 valence electrons. The first-order valence-corrected chi connectivity index (χ1v) is 13.8. The molecule has 0 radical (unpaired) electrons. The minimum absolute atomic E-state index is 0.0293. The van der Waals surface area contributed by atoms with Gasteiger partial charge in [0.15, 0.2) is 0 Å². The fourth-order valence-corrected chi connectivity index (χ4v) is 4.39. The van der Waals surface area contributed by atoms with Gasteiger partial charge in [-0.3, -0.25) is 9.59 Å². The number of carbonyl (C=O) groups is 3. The van der Waals surface area contributed by atoms with E-state index in [1.807, 2.05) is 0 Å². The van der Waals surface area contributed by atoms with Crippen LogP contribution in [0.2, 0.25) is 0 Å². The van der Waals surface area contributed by atoms with Crippen LogP contribution in [0.15, 0.2) is 48.5 Å². The van der Waals surface area contributed by atoms with Crippen molar-refractivity contribution in [3.63, 3.8) is 0 Å². The van der Waals surface area contributed by atoms with Gasteiger partial charge in [-0.2, -0.15) is 13.2 Å². The number of hydrogen-bond donors (Lipinski definition) is 5. The number of nitrogens with zero attached hydrogens (tertiary/aromatic N) is 1. The van der Waals surface area contributed by atoms with Gasteiger partial charge in [0, 0.05) is 22.7 Å². The Labute approximate surface area is 255 Å². The Morgan fingerprint density at radius 3 is 2.36 bits per heavy atom. The summed E-state index contributed by atoms with van der Waals surface area (Å²) in [5.41, 5.74) is 0.349. The number of amides is 4. The van der Waals surface area contributed by atoms with Gasteiger partial charge in [0.05, 0.1) is 38.1 Å². The number of anilines is 1. The number of aromatic nitrogens is 1. The summed E-state index contributed by atoms with van der Waals surface area (Å²) < 4.78 is 68.3. The summed E-state index contributed by atoms with van der Waals surface area (Å²) in [4.78, 5) is 41.2. The van der Waals surface area contributed by atoms with Crippen LogP contribution < -0.4 is 31.2 Å². The lowest BCUT2D eigenvalue weighted by Gasteiger charge is -2.31. The number of carbonyl (C=O) groups excluding carboxylic acids is 3. The number of aliphatic hydroxyl groups is 1. The van der Waals surface area contributed by atoms with Gasteiger partial charge < -0.3 is 36.3 Å². The van der Waals surface area contributed by atoms with E-state index >= 15 is 0 Å². The Bertz CT molecular complexity index is 1580. The Balaban J connectivity index is 1.70. The summed E-state index contributed by atoms with van der Waals surface area (Å²) in [5, 5.41) is 18.5. The largest absolute Gasteiger partial charge is 0.495 e. The number of nitrogens with one attached hydrogen (secondary N) is 3. The Morgan fingerprint density at radius 1 is 1.09 bits per heavy atom. The van der Waals surface area contributed by atoms with Crippen molar-refractivity contribution < 1.29 is 46.5 Å². The lowest BCUT2D eigenvalue weighted by molar-refractivity contribution is -0.265. The third kappa shape index (κ3) is 7.78. The highest BCUT2D eigenvalue weighted by Crippen LogP contribution is 2.42. The minimum atomic E-state index is -5.39. The second kappa shape index (κ2) is 13.4. The predicted molar refractivity (Wildman–Crippen MR) is 154 cm³/mol. The van der Waals surface area contributed by atoms with Crippen LogP contribution in [-0.2, 0) is 16.8 Å². The summed E-state index contributed by atoms with van der Waals surface area (Å²) in [6, 6.07) is 8.72. The van der Waals surface area contributed by atoms with Gasteiger partial charge in [-0.05, 0) is 68.3 Å². The lowest BCUT2D eigenvalue weighted by Crippen LogP contribution is -2.51. The highest BCUT2D eigenvalue weighted by molar-refractivity contribution is 5.98. The number of halogens is 4. The van der Waals surface area contributed by atoms with Crippen LogP contribution in [0.1, 0.15) is 41.4 Å². The molecule has 1 saturated carbocycles. The van der Waals surface area contributed by atoms with Crippen LogP contribution in [-0.4, -0.2) is 60.4 Å². The van der Waals surface area contributed by atoms with E-state index in [0.717, 1.165) is 31.0 Å². The van der Waals surface area contributed by atoms with E-state index in [0.29, 0.717) is 0 Å². The molecule has 1 atom stereocenters. The van der Waals surface area contributed by atoms with Crippen LogP contribution in [0.5, 0.6) is 11.5 Å². The maximum absolute atomic E-state index is 14.6. The number of alkyl halides is 3. The van der Waals surface area contributed by atoms with Crippen molar-refractivity contribution in [2.45, 2.75) is 44.0 Å². The third-order valence-corrected chi connectivity index (χ3v) is 6.84. The number of ether oxygens (including phenoxy) is 2. The molecule has 1 aliphatic rings. The first-order valence-electron chi connectivity index (χ1n) is 13.8. The van der Waals surface area contributed by atoms with Crippen molar-refractivity contribution in [1.29, 1.82) is 0 Å². The van der Waals surface area contributed by atoms with Crippen molar-refractivity contribution in [2.24, 2.45) is 5.73 Å². The molecule has 0 saturated heterocycles. The van der Waals surface area contributed by atoms with Crippen LogP contribution in [0, 0.1) is 5.82 Å². The molecule has 6 N–H and O–H groups in total. The zero-order valence-corrected chi connectivity index (χ0v) is 24.3. The van der Waals surface area contributed by atoms with E-state index in [1.54, 1.807) is 6.92 Å². The SMILES string of the molecule is CCOc1c(CC(N)=O)cc([C@@](O)(CNC(=O)c2ccc(OC)c(NC(=O)NC3CC3)c2)C(F)(F)F)nc1-c1ccc(F)cc1. The fourth-order valence-electron chi connectivity index (χ4n) is 4.39. The van der Waals surface area contributed by atoms with Gasteiger partial charge in [-0.25, -0.2) is 14.2 Å². The van der Waals surface area contributed by atoms with Crippen LogP contribution in [0.4, 0.5) is 28.0 Å². The average Bonchev–Trinajstić information content (AvgIpc) is 3.80. The van der Waals surface area contributed by atoms with Crippen LogP contribution >= 0.6 is 0 Å². The van der Waals surface area contributed by atoms with Gasteiger partial charge in [0.1, 0.15) is 23.0 Å². The molecule has 0 unspecified atom stereocenters. The maximum atomic E-state index is 14.6. The minimum Gasteiger partial charge on any atom is -0.495 e. The molecule has 4 amide bonds. The first kappa shape index (κ1) is 33.0. The molecule has 2 aromatic carbocycles. The molecule has 0 bridgehead atoms. The molecule has 1 aromatic heterocycles. The molecule has 1 heterocycles. The molecule has 11 nitrogen and oxygen atoms in total. The van der Waals surface area contributed by atoms with E-state index in [4.69, 9.17) is 15.2 Å². The predicted octanol–water partition coefficient (Wildman–Crippen LogP) is 3.79. The molecule has 3 aromatic rings. The standard InChI is InChI=1S/C30H31F4N5O6/c1-3-45-26-18(14-24(35)40)13-23(39-25(26)16-4-7-19(31)8-5-16)29(43,30(32,33)34)15-36-27(41)17-6-11-22(44-2)21(12-17)38-28(42)37-20-9-10-20/h4-8,11-13,20,43H,3,9-10,14-15H2,1-2H3,(H2,35,40)(H,36,41)(H2,37,38,42)/t29-/m0/s1. The Kier molecular flexibility index (Phi) is 9.81. The number of primary amides is 1. The highest BCUT2D eigenvalue weighted by atomic mass is 19.4. The van der Waals surface area contributed by atoms with Gasteiger partial charge in [0.25, 0.3) is 5.91 Å². The monoisotopic (exact) mass is 633 g/mol. The Morgan fingerprint density at radius 2 is 1.78 bits per heavy atom. The van der Waals surface area contributed by atoms with E-state index in [-0.39, 0.29) is 52.2 Å². The fraction of sp³-hybridized carbons (Fsp3) is 0.333. The molecule has 1 aliphatic carbocycles. The number of hydrogen-bond acceptors (Lipinski definition) is 7. The normalized spacial score (nSPS) is 14.2. The zero-order chi connectivity index (χ0) is 32.9. The number of methoxy groups -OCH3 is 1. The average molecular weight is 634 g/mol. The van der Waals surface area contributed by atoms with Gasteiger partial charge in [0.2, 0.25) is 11.5 Å². The van der Waals surface area contributed by atoms with Crippen LogP contribution in [0.25, 0.3) is 11.3 Å². The number of benzene rings is 2. The molecule has 0 spiro atoms. The molecule has 0 aliphatic heterocycles. The summed E-state index contributed by atoms with van der Waals surface area (Å²) >= 11 is 0. The topological polar surface area (TPSA) is 165 Å². The van der Waals surface area contributed by atoms with E-state index in [9.17, 15) is 37.1 Å². The quantitative estimate of drug-likeness (QED) is 0.189. The molecular formula is C30H31F4N5O6. The van der Waals surface area contributed by atoms with Crippen LogP contribution in [0.3, 0.4) is 0 Å². The summed E-state index contributed by atoms with van der Waals surface area (Å²) in [6.45, 7) is 0.227. The second-order valence-electron chi connectivity index (χ2n) is 10.3. The molecular weight excluding hydrogens is 602 g/mol. The van der Waals surface area contributed by atoms with Crippen molar-refractivity contribution in [3.05, 3.63) is 71.2 Å². The lowest BCUT2D eigenvalue weighted by atomic mass is 9.93. The molecule has 1 fully saturated rings. The second-order valence-corrected chi connectivity index (χ2v) is 10.3. The van der Waals surface area contributed by atoms with Gasteiger partial charge in [-0.1, -0.05) is 0 Å².